The molecule has 2 aromatic rings. The van der Waals surface area contributed by atoms with E-state index in [4.69, 9.17) is 0 Å². The van der Waals surface area contributed by atoms with Gasteiger partial charge in [0, 0.05) is 37.6 Å². The third kappa shape index (κ3) is 3.62. The molecule has 1 saturated heterocycles. The Hall–Kier alpha value is -2.26. The minimum absolute atomic E-state index is 0.121. The molecule has 0 saturated carbocycles. The van der Waals surface area contributed by atoms with E-state index in [-0.39, 0.29) is 11.8 Å². The molecule has 1 amide bonds. The van der Waals surface area contributed by atoms with Gasteiger partial charge >= 0.3 is 0 Å². The molecular weight excluding hydrogens is 330 g/mol. The molecule has 1 N–H and O–H groups in total. The maximum Gasteiger partial charge on any atom is 0.227 e. The van der Waals surface area contributed by atoms with Gasteiger partial charge in [-0.15, -0.1) is 0 Å². The Morgan fingerprint density at radius 1 is 1.25 bits per heavy atom. The number of aromatic nitrogens is 3. The van der Waals surface area contributed by atoms with Gasteiger partial charge < -0.3 is 5.32 Å². The van der Waals surface area contributed by atoms with Crippen LogP contribution in [0.3, 0.4) is 0 Å². The van der Waals surface area contributed by atoms with Crippen LogP contribution < -0.4 is 5.32 Å². The number of rotatable bonds is 4. The Morgan fingerprint density at radius 2 is 2.00 bits per heavy atom. The van der Waals surface area contributed by atoms with E-state index >= 15 is 0 Å². The van der Waals surface area contributed by atoms with E-state index in [2.05, 4.69) is 15.4 Å². The second kappa shape index (κ2) is 6.70. The Morgan fingerprint density at radius 3 is 2.62 bits per heavy atom. The molecule has 128 valence electrons. The number of carbonyl (C=O) groups is 1. The molecule has 1 aliphatic rings. The molecule has 1 aliphatic heterocycles. The van der Waals surface area contributed by atoms with Gasteiger partial charge in [0.15, 0.2) is 5.82 Å². The van der Waals surface area contributed by atoms with Crippen molar-refractivity contribution in [3.8, 4) is 5.82 Å². The minimum atomic E-state index is -3.19. The molecule has 0 unspecified atom stereocenters. The van der Waals surface area contributed by atoms with Crippen LogP contribution in [0.15, 0.2) is 36.8 Å². The largest absolute Gasteiger partial charge is 0.323 e. The van der Waals surface area contributed by atoms with Crippen LogP contribution >= 0.6 is 0 Å². The summed E-state index contributed by atoms with van der Waals surface area (Å²) >= 11 is 0. The maximum atomic E-state index is 12.5. The molecule has 3 heterocycles. The van der Waals surface area contributed by atoms with E-state index in [1.54, 1.807) is 41.5 Å². The lowest BCUT2D eigenvalue weighted by Gasteiger charge is -2.29. The van der Waals surface area contributed by atoms with Gasteiger partial charge in [0.1, 0.15) is 0 Å². The van der Waals surface area contributed by atoms with E-state index in [0.717, 1.165) is 0 Å². The van der Waals surface area contributed by atoms with Gasteiger partial charge in [0.05, 0.1) is 11.9 Å². The first-order valence-corrected chi connectivity index (χ1v) is 9.51. The minimum Gasteiger partial charge on any atom is -0.323 e. The van der Waals surface area contributed by atoms with E-state index < -0.39 is 10.0 Å². The lowest BCUT2D eigenvalue weighted by atomic mass is 9.97. The van der Waals surface area contributed by atoms with Crippen LogP contribution in [0.1, 0.15) is 12.8 Å². The SMILES string of the molecule is CS(=O)(=O)N1CCC(C(=O)Nc2cccnc2-n2cccn2)CC1. The van der Waals surface area contributed by atoms with Gasteiger partial charge in [-0.3, -0.25) is 4.79 Å². The Bertz CT molecular complexity index is 811. The van der Waals surface area contributed by atoms with E-state index in [1.807, 2.05) is 0 Å². The zero-order valence-electron chi connectivity index (χ0n) is 13.3. The van der Waals surface area contributed by atoms with Gasteiger partial charge in [0.2, 0.25) is 15.9 Å². The number of pyridine rings is 1. The normalized spacial score (nSPS) is 16.9. The molecule has 0 bridgehead atoms. The van der Waals surface area contributed by atoms with E-state index in [9.17, 15) is 13.2 Å². The van der Waals surface area contributed by atoms with E-state index in [1.165, 1.54) is 10.6 Å². The third-order valence-corrected chi connectivity index (χ3v) is 5.36. The number of nitrogens with zero attached hydrogens (tertiary/aromatic N) is 4. The highest BCUT2D eigenvalue weighted by Crippen LogP contribution is 2.23. The summed E-state index contributed by atoms with van der Waals surface area (Å²) in [5, 5.41) is 7.03. The number of piperidine rings is 1. The molecule has 8 nitrogen and oxygen atoms in total. The quantitative estimate of drug-likeness (QED) is 0.884. The van der Waals surface area contributed by atoms with Crippen molar-refractivity contribution in [3.05, 3.63) is 36.8 Å². The Balaban J connectivity index is 1.69. The van der Waals surface area contributed by atoms with Crippen molar-refractivity contribution in [1.82, 2.24) is 19.1 Å². The molecule has 3 rings (SSSR count). The zero-order chi connectivity index (χ0) is 17.2. The lowest BCUT2D eigenvalue weighted by molar-refractivity contribution is -0.120. The summed E-state index contributed by atoms with van der Waals surface area (Å²) in [7, 11) is -3.19. The van der Waals surface area contributed by atoms with Gasteiger partial charge in [-0.1, -0.05) is 0 Å². The second-order valence-electron chi connectivity index (χ2n) is 5.75. The van der Waals surface area contributed by atoms with Crippen molar-refractivity contribution in [2.75, 3.05) is 24.7 Å². The fourth-order valence-electron chi connectivity index (χ4n) is 2.76. The van der Waals surface area contributed by atoms with Gasteiger partial charge in [-0.25, -0.2) is 22.4 Å². The topological polar surface area (TPSA) is 97.2 Å². The van der Waals surface area contributed by atoms with Crippen molar-refractivity contribution >= 4 is 21.6 Å². The average Bonchev–Trinajstić information content (AvgIpc) is 3.09. The average molecular weight is 349 g/mol. The Kier molecular flexibility index (Phi) is 4.63. The van der Waals surface area contributed by atoms with Crippen LogP contribution in [0, 0.1) is 5.92 Å². The van der Waals surface area contributed by atoms with Crippen LogP contribution in [0.5, 0.6) is 0 Å². The molecule has 24 heavy (non-hydrogen) atoms. The number of nitrogens with one attached hydrogen (secondary N) is 1. The summed E-state index contributed by atoms with van der Waals surface area (Å²) in [6, 6.07) is 5.30. The summed E-state index contributed by atoms with van der Waals surface area (Å²) in [4.78, 5) is 16.8. The number of hydrogen-bond donors (Lipinski definition) is 1. The van der Waals surface area contributed by atoms with Crippen LogP contribution in [0.2, 0.25) is 0 Å². The van der Waals surface area contributed by atoms with Gasteiger partial charge in [-0.2, -0.15) is 5.10 Å². The lowest BCUT2D eigenvalue weighted by Crippen LogP contribution is -2.41. The van der Waals surface area contributed by atoms with E-state index in [0.29, 0.717) is 37.4 Å². The first-order chi connectivity index (χ1) is 11.4. The van der Waals surface area contributed by atoms with Gasteiger partial charge in [-0.05, 0) is 31.0 Å². The number of sulfonamides is 1. The highest BCUT2D eigenvalue weighted by Gasteiger charge is 2.29. The third-order valence-electron chi connectivity index (χ3n) is 4.06. The van der Waals surface area contributed by atoms with Crippen molar-refractivity contribution in [3.63, 3.8) is 0 Å². The van der Waals surface area contributed by atoms with Gasteiger partial charge in [0.25, 0.3) is 0 Å². The van der Waals surface area contributed by atoms with Crippen LogP contribution in [0.4, 0.5) is 5.69 Å². The standard InChI is InChI=1S/C15H19N5O3S/c1-24(22,23)19-10-5-12(6-11-19)15(21)18-13-4-2-7-16-14(13)20-9-3-8-17-20/h2-4,7-9,12H,5-6,10-11H2,1H3,(H,18,21). The molecule has 0 spiro atoms. The second-order valence-corrected chi connectivity index (χ2v) is 7.73. The smallest absolute Gasteiger partial charge is 0.227 e. The predicted octanol–water partition coefficient (Wildman–Crippen LogP) is 0.877. The fraction of sp³-hybridized carbons (Fsp3) is 0.400. The van der Waals surface area contributed by atoms with Crippen LogP contribution in [-0.4, -0.2) is 52.7 Å². The zero-order valence-corrected chi connectivity index (χ0v) is 14.1. The highest BCUT2D eigenvalue weighted by atomic mass is 32.2. The first kappa shape index (κ1) is 16.6. The fourth-order valence-corrected chi connectivity index (χ4v) is 3.63. The maximum absolute atomic E-state index is 12.5. The van der Waals surface area contributed by atoms with Crippen LogP contribution in [-0.2, 0) is 14.8 Å². The highest BCUT2D eigenvalue weighted by molar-refractivity contribution is 7.88. The van der Waals surface area contributed by atoms with Crippen LogP contribution in [0.25, 0.3) is 5.82 Å². The summed E-state index contributed by atoms with van der Waals surface area (Å²) in [5.41, 5.74) is 0.580. The molecule has 0 aliphatic carbocycles. The molecule has 0 aromatic carbocycles. The number of amides is 1. The predicted molar refractivity (Wildman–Crippen MR) is 89.1 cm³/mol. The molecule has 9 heteroatoms. The monoisotopic (exact) mass is 349 g/mol. The molecule has 0 atom stereocenters. The molecule has 2 aromatic heterocycles. The number of carbonyl (C=O) groups excluding carboxylic acids is 1. The molecule has 0 radical (unpaired) electrons. The Labute approximate surface area is 140 Å². The first-order valence-electron chi connectivity index (χ1n) is 7.66. The molecular formula is C15H19N5O3S. The summed E-state index contributed by atoms with van der Waals surface area (Å²) in [5.74, 6) is 0.211. The molecule has 1 fully saturated rings. The number of anilines is 1. The van der Waals surface area contributed by atoms with Crippen molar-refractivity contribution in [2.24, 2.45) is 5.92 Å². The van der Waals surface area contributed by atoms with Crippen molar-refractivity contribution in [1.29, 1.82) is 0 Å². The van der Waals surface area contributed by atoms with Crippen molar-refractivity contribution < 1.29 is 13.2 Å². The summed E-state index contributed by atoms with van der Waals surface area (Å²) in [6.45, 7) is 0.742. The number of hydrogen-bond acceptors (Lipinski definition) is 5. The van der Waals surface area contributed by atoms with Crippen molar-refractivity contribution in [2.45, 2.75) is 12.8 Å². The summed E-state index contributed by atoms with van der Waals surface area (Å²) in [6.07, 6.45) is 7.24. The summed E-state index contributed by atoms with van der Waals surface area (Å²) < 4.78 is 26.1.